The van der Waals surface area contributed by atoms with Crippen molar-refractivity contribution < 1.29 is 24.0 Å². The van der Waals surface area contributed by atoms with Gasteiger partial charge in [-0.3, -0.25) is 19.3 Å². The Morgan fingerprint density at radius 3 is 1.96 bits per heavy atom. The highest BCUT2D eigenvalue weighted by atomic mass is 32.1. The van der Waals surface area contributed by atoms with Gasteiger partial charge in [0.1, 0.15) is 0 Å². The van der Waals surface area contributed by atoms with Crippen molar-refractivity contribution in [2.24, 2.45) is 0 Å². The number of thiocarbonyl (C=S) groups is 1. The second-order valence-electron chi connectivity index (χ2n) is 6.56. The maximum Gasteiger partial charge on any atom is 0.347 e. The van der Waals surface area contributed by atoms with E-state index in [1.165, 1.54) is 0 Å². The summed E-state index contributed by atoms with van der Waals surface area (Å²) in [5, 5.41) is 0.547. The van der Waals surface area contributed by atoms with Crippen LogP contribution in [-0.4, -0.2) is 96.3 Å². The molecule has 2 rings (SSSR count). The first-order valence-corrected chi connectivity index (χ1v) is 8.72. The minimum Gasteiger partial charge on any atom is -0.329 e. The van der Waals surface area contributed by atoms with Crippen molar-refractivity contribution in [1.29, 1.82) is 0 Å². The summed E-state index contributed by atoms with van der Waals surface area (Å²) in [6.07, 6.45) is 2.16. The molecule has 2 heterocycles. The van der Waals surface area contributed by atoms with E-state index in [9.17, 15) is 19.2 Å². The number of imide groups is 1. The largest absolute Gasteiger partial charge is 0.347 e. The molecule has 10 heteroatoms. The molecule has 0 bridgehead atoms. The SMILES string of the molecule is CN(C)CC(=O)N1CCCC1=S.CN(C)CC(=O)ON1C(=O)CCC1=O. The van der Waals surface area contributed by atoms with Crippen LogP contribution in [0.3, 0.4) is 0 Å². The number of carbonyl (C=O) groups excluding carboxylic acids is 4. The van der Waals surface area contributed by atoms with Gasteiger partial charge >= 0.3 is 5.97 Å². The fourth-order valence-electron chi connectivity index (χ4n) is 2.31. The Hall–Kier alpha value is -1.91. The van der Waals surface area contributed by atoms with E-state index in [4.69, 9.17) is 12.2 Å². The molecule has 146 valence electrons. The van der Waals surface area contributed by atoms with Crippen LogP contribution in [0.2, 0.25) is 0 Å². The molecule has 0 aromatic heterocycles. The highest BCUT2D eigenvalue weighted by Crippen LogP contribution is 2.12. The molecule has 2 fully saturated rings. The summed E-state index contributed by atoms with van der Waals surface area (Å²) in [5.74, 6) is -1.40. The minimum atomic E-state index is -0.612. The Morgan fingerprint density at radius 1 is 1.00 bits per heavy atom. The molecular weight excluding hydrogens is 360 g/mol. The first kappa shape index (κ1) is 22.1. The number of rotatable bonds is 5. The van der Waals surface area contributed by atoms with Gasteiger partial charge in [0.2, 0.25) is 5.91 Å². The quantitative estimate of drug-likeness (QED) is 0.468. The third-order valence-electron chi connectivity index (χ3n) is 3.47. The van der Waals surface area contributed by atoms with E-state index in [1.807, 2.05) is 19.0 Å². The monoisotopic (exact) mass is 386 g/mol. The average Bonchev–Trinajstić information content (AvgIpc) is 3.07. The summed E-state index contributed by atoms with van der Waals surface area (Å²) in [7, 11) is 7.15. The van der Waals surface area contributed by atoms with Crippen LogP contribution in [0.5, 0.6) is 0 Å². The molecule has 0 N–H and O–H groups in total. The molecule has 0 aromatic carbocycles. The van der Waals surface area contributed by atoms with E-state index < -0.39 is 17.8 Å². The number of hydroxylamine groups is 2. The van der Waals surface area contributed by atoms with Crippen molar-refractivity contribution >= 4 is 40.9 Å². The molecule has 0 aromatic rings. The number of hydrogen-bond acceptors (Lipinski definition) is 8. The van der Waals surface area contributed by atoms with Crippen molar-refractivity contribution in [3.8, 4) is 0 Å². The van der Waals surface area contributed by atoms with Crippen LogP contribution in [0, 0.1) is 0 Å². The number of likely N-dealkylation sites (N-methyl/N-ethyl adjacent to an activating group) is 2. The molecule has 2 saturated heterocycles. The first-order chi connectivity index (χ1) is 12.1. The average molecular weight is 386 g/mol. The van der Waals surface area contributed by atoms with Crippen molar-refractivity contribution in [2.45, 2.75) is 25.7 Å². The maximum absolute atomic E-state index is 11.5. The van der Waals surface area contributed by atoms with Gasteiger partial charge in [-0.15, -0.1) is 5.06 Å². The second kappa shape index (κ2) is 10.3. The molecule has 0 atom stereocenters. The van der Waals surface area contributed by atoms with Gasteiger partial charge in [-0.2, -0.15) is 0 Å². The van der Waals surface area contributed by atoms with Crippen LogP contribution >= 0.6 is 12.2 Å². The molecule has 9 nitrogen and oxygen atoms in total. The zero-order chi connectivity index (χ0) is 19.9. The van der Waals surface area contributed by atoms with Crippen molar-refractivity contribution in [3.63, 3.8) is 0 Å². The van der Waals surface area contributed by atoms with Gasteiger partial charge in [0.25, 0.3) is 11.8 Å². The number of nitrogens with zero attached hydrogens (tertiary/aromatic N) is 4. The summed E-state index contributed by atoms with van der Waals surface area (Å²) in [4.78, 5) is 55.2. The van der Waals surface area contributed by atoms with Crippen LogP contribution in [-0.2, 0) is 24.0 Å². The van der Waals surface area contributed by atoms with Crippen LogP contribution in [0.1, 0.15) is 25.7 Å². The first-order valence-electron chi connectivity index (χ1n) is 8.31. The summed E-state index contributed by atoms with van der Waals surface area (Å²) < 4.78 is 0. The number of hydrogen-bond donors (Lipinski definition) is 0. The van der Waals surface area contributed by atoms with E-state index >= 15 is 0 Å². The van der Waals surface area contributed by atoms with Gasteiger partial charge in [-0.25, -0.2) is 4.79 Å². The molecule has 2 aliphatic rings. The highest BCUT2D eigenvalue weighted by molar-refractivity contribution is 7.80. The van der Waals surface area contributed by atoms with E-state index in [0.29, 0.717) is 11.6 Å². The lowest BCUT2D eigenvalue weighted by molar-refractivity contribution is -0.197. The van der Waals surface area contributed by atoms with Crippen molar-refractivity contribution in [3.05, 3.63) is 0 Å². The lowest BCUT2D eigenvalue weighted by atomic mass is 10.4. The Morgan fingerprint density at radius 2 is 1.54 bits per heavy atom. The van der Waals surface area contributed by atoms with Gasteiger partial charge in [-0.1, -0.05) is 12.2 Å². The Bertz CT molecular complexity index is 563. The molecule has 2 aliphatic heterocycles. The zero-order valence-electron chi connectivity index (χ0n) is 15.7. The lowest BCUT2D eigenvalue weighted by Crippen LogP contribution is -2.37. The van der Waals surface area contributed by atoms with Crippen LogP contribution in [0.25, 0.3) is 0 Å². The molecular formula is C16H26N4O5S. The molecule has 26 heavy (non-hydrogen) atoms. The van der Waals surface area contributed by atoms with Crippen LogP contribution < -0.4 is 0 Å². The zero-order valence-corrected chi connectivity index (χ0v) is 16.5. The summed E-state index contributed by atoms with van der Waals surface area (Å²) in [6, 6.07) is 0. The predicted molar refractivity (Wildman–Crippen MR) is 97.8 cm³/mol. The smallest absolute Gasteiger partial charge is 0.329 e. The standard InChI is InChI=1S/C8H12N2O4.C8H14N2OS/c1-9(2)5-8(13)14-10-6(11)3-4-7(10)12;1-9(2)6-7(11)10-5-3-4-8(10)12/h3-5H2,1-2H3;3-6H2,1-2H3. The van der Waals surface area contributed by atoms with Crippen molar-refractivity contribution in [1.82, 2.24) is 19.8 Å². The molecule has 0 saturated carbocycles. The summed E-state index contributed by atoms with van der Waals surface area (Å²) in [5.41, 5.74) is 0. The summed E-state index contributed by atoms with van der Waals surface area (Å²) >= 11 is 5.06. The van der Waals surface area contributed by atoms with Gasteiger partial charge in [-0.05, 0) is 34.6 Å². The Balaban J connectivity index is 0.000000263. The van der Waals surface area contributed by atoms with Crippen molar-refractivity contribution in [2.75, 3.05) is 47.8 Å². The highest BCUT2D eigenvalue weighted by Gasteiger charge is 2.32. The van der Waals surface area contributed by atoms with Gasteiger partial charge in [0, 0.05) is 25.8 Å². The molecule has 0 aliphatic carbocycles. The molecule has 0 spiro atoms. The second-order valence-corrected chi connectivity index (χ2v) is 7.03. The number of likely N-dealkylation sites (tertiary alicyclic amines) is 1. The fourth-order valence-corrected chi connectivity index (χ4v) is 2.65. The van der Waals surface area contributed by atoms with Gasteiger partial charge in [0.05, 0.1) is 18.1 Å². The molecule has 0 unspecified atom stereocenters. The molecule has 3 amide bonds. The fraction of sp³-hybridized carbons (Fsp3) is 0.688. The third-order valence-corrected chi connectivity index (χ3v) is 3.89. The van der Waals surface area contributed by atoms with Gasteiger partial charge < -0.3 is 14.6 Å². The summed E-state index contributed by atoms with van der Waals surface area (Å²) in [6.45, 7) is 1.31. The van der Waals surface area contributed by atoms with Crippen LogP contribution in [0.4, 0.5) is 0 Å². The van der Waals surface area contributed by atoms with Crippen LogP contribution in [0.15, 0.2) is 0 Å². The van der Waals surface area contributed by atoms with E-state index in [2.05, 4.69) is 4.84 Å². The van der Waals surface area contributed by atoms with E-state index in [0.717, 1.165) is 24.4 Å². The normalized spacial score (nSPS) is 17.1. The molecule has 0 radical (unpaired) electrons. The number of carbonyl (C=O) groups is 4. The maximum atomic E-state index is 11.5. The number of amides is 3. The third kappa shape index (κ3) is 7.14. The minimum absolute atomic E-state index is 0.0387. The Labute approximate surface area is 158 Å². The Kier molecular flexibility index (Phi) is 8.76. The predicted octanol–water partition coefficient (Wildman–Crippen LogP) is -0.347. The van der Waals surface area contributed by atoms with E-state index in [1.54, 1.807) is 23.9 Å². The lowest BCUT2D eigenvalue weighted by Gasteiger charge is -2.18. The van der Waals surface area contributed by atoms with Gasteiger partial charge in [0.15, 0.2) is 0 Å². The van der Waals surface area contributed by atoms with E-state index in [-0.39, 0.29) is 25.3 Å². The topological polar surface area (TPSA) is 90.5 Å².